The molecular formula is C24H28F4N8. The molecule has 8 nitrogen and oxygen atoms in total. The van der Waals surface area contributed by atoms with Crippen LogP contribution >= 0.6 is 0 Å². The van der Waals surface area contributed by atoms with E-state index >= 15 is 4.39 Å². The minimum absolute atomic E-state index is 0.159. The van der Waals surface area contributed by atoms with E-state index in [2.05, 4.69) is 35.9 Å². The van der Waals surface area contributed by atoms with Gasteiger partial charge in [-0.05, 0) is 68.1 Å². The number of H-pyrrole nitrogens is 1. The highest BCUT2D eigenvalue weighted by atomic mass is 19.4. The zero-order valence-corrected chi connectivity index (χ0v) is 19.7. The molecule has 2 aromatic heterocycles. The summed E-state index contributed by atoms with van der Waals surface area (Å²) in [5.74, 6) is 1.49. The fourth-order valence-corrected chi connectivity index (χ4v) is 5.35. The lowest BCUT2D eigenvalue weighted by atomic mass is 9.80. The number of alkyl halides is 3. The minimum atomic E-state index is -4.39. The number of aromatic nitrogens is 6. The Bertz CT molecular complexity index is 1130. The average Bonchev–Trinajstić information content (AvgIpc) is 3.56. The molecule has 1 aromatic carbocycles. The van der Waals surface area contributed by atoms with Crippen LogP contribution in [0.4, 0.5) is 29.2 Å². The van der Waals surface area contributed by atoms with Crippen LogP contribution in [0.1, 0.15) is 61.5 Å². The normalized spacial score (nSPS) is 22.7. The van der Waals surface area contributed by atoms with Gasteiger partial charge >= 0.3 is 6.18 Å². The van der Waals surface area contributed by atoms with Gasteiger partial charge in [-0.2, -0.15) is 22.8 Å². The number of nitrogens with one attached hydrogen (secondary N) is 2. The third-order valence-corrected chi connectivity index (χ3v) is 7.30. The quantitative estimate of drug-likeness (QED) is 0.440. The van der Waals surface area contributed by atoms with Crippen molar-refractivity contribution in [2.24, 2.45) is 11.8 Å². The second kappa shape index (κ2) is 10.4. The summed E-state index contributed by atoms with van der Waals surface area (Å²) in [4.78, 5) is 10.1. The highest BCUT2D eigenvalue weighted by molar-refractivity contribution is 5.53. The molecular weight excluding hydrogens is 476 g/mol. The Morgan fingerprint density at radius 2 is 1.75 bits per heavy atom. The van der Waals surface area contributed by atoms with Gasteiger partial charge in [-0.25, -0.2) is 9.97 Å². The molecule has 1 aliphatic carbocycles. The molecule has 2 aliphatic rings. The highest BCUT2D eigenvalue weighted by Crippen LogP contribution is 2.39. The lowest BCUT2D eigenvalue weighted by Gasteiger charge is -2.29. The van der Waals surface area contributed by atoms with Crippen molar-refractivity contribution in [3.63, 3.8) is 0 Å². The van der Waals surface area contributed by atoms with Gasteiger partial charge in [0.1, 0.15) is 6.33 Å². The van der Waals surface area contributed by atoms with Crippen molar-refractivity contribution in [3.05, 3.63) is 53.4 Å². The van der Waals surface area contributed by atoms with Crippen LogP contribution in [0.2, 0.25) is 0 Å². The molecule has 2 fully saturated rings. The zero-order valence-electron chi connectivity index (χ0n) is 19.7. The number of rotatable bonds is 7. The van der Waals surface area contributed by atoms with Crippen LogP contribution in [0.5, 0.6) is 0 Å². The molecule has 0 bridgehead atoms. The third-order valence-electron chi connectivity index (χ3n) is 7.30. The van der Waals surface area contributed by atoms with Crippen molar-refractivity contribution < 1.29 is 17.6 Å². The molecule has 36 heavy (non-hydrogen) atoms. The molecule has 3 aromatic rings. The maximum absolute atomic E-state index is 15.5. The van der Waals surface area contributed by atoms with Gasteiger partial charge < -0.3 is 10.2 Å². The van der Waals surface area contributed by atoms with Gasteiger partial charge in [-0.15, -0.1) is 10.2 Å². The first-order valence-corrected chi connectivity index (χ1v) is 12.3. The summed E-state index contributed by atoms with van der Waals surface area (Å²) in [6, 6.07) is 4.86. The molecule has 2 N–H and O–H groups in total. The molecule has 192 valence electrons. The first kappa shape index (κ1) is 24.4. The van der Waals surface area contributed by atoms with Crippen molar-refractivity contribution in [3.8, 4) is 0 Å². The first-order valence-electron chi connectivity index (χ1n) is 12.3. The predicted octanol–water partition coefficient (Wildman–Crippen LogP) is 4.95. The first-order chi connectivity index (χ1) is 17.4. The van der Waals surface area contributed by atoms with Crippen LogP contribution in [-0.4, -0.2) is 43.7 Å². The summed E-state index contributed by atoms with van der Waals surface area (Å²) in [6.07, 6.45) is 3.44. The van der Waals surface area contributed by atoms with Crippen LogP contribution in [0, 0.1) is 17.7 Å². The minimum Gasteiger partial charge on any atom is -0.367 e. The summed E-state index contributed by atoms with van der Waals surface area (Å²) in [5.41, 5.74) is 0.0185. The molecule has 1 atom stereocenters. The summed E-state index contributed by atoms with van der Waals surface area (Å²) in [5, 5.41) is 17.3. The van der Waals surface area contributed by atoms with Crippen LogP contribution in [0.3, 0.4) is 0 Å². The van der Waals surface area contributed by atoms with E-state index in [0.717, 1.165) is 56.5 Å². The average molecular weight is 505 g/mol. The van der Waals surface area contributed by atoms with Gasteiger partial charge in [-0.3, -0.25) is 0 Å². The Labute approximate surface area is 205 Å². The van der Waals surface area contributed by atoms with Crippen molar-refractivity contribution in [2.45, 2.75) is 57.2 Å². The summed E-state index contributed by atoms with van der Waals surface area (Å²) < 4.78 is 54.3. The molecule has 5 rings (SSSR count). The van der Waals surface area contributed by atoms with E-state index in [1.807, 2.05) is 4.90 Å². The maximum atomic E-state index is 15.5. The molecule has 0 amide bonds. The number of tetrazole rings is 1. The molecule has 1 aliphatic heterocycles. The maximum Gasteiger partial charge on any atom is 0.416 e. The Morgan fingerprint density at radius 3 is 2.44 bits per heavy atom. The van der Waals surface area contributed by atoms with E-state index in [-0.39, 0.29) is 17.7 Å². The molecule has 0 unspecified atom stereocenters. The van der Waals surface area contributed by atoms with E-state index in [0.29, 0.717) is 36.9 Å². The largest absolute Gasteiger partial charge is 0.416 e. The molecule has 1 saturated carbocycles. The van der Waals surface area contributed by atoms with E-state index < -0.39 is 17.6 Å². The Kier molecular flexibility index (Phi) is 7.01. The SMILES string of the molecule is Fc1c(NCC2CCC(Cc3nn[nH]n3)CC2)ncnc1N1CCC[C@@H]1c1ccc(C(F)(F)F)cc1. The summed E-state index contributed by atoms with van der Waals surface area (Å²) in [6.45, 7) is 1.19. The van der Waals surface area contributed by atoms with Gasteiger partial charge in [0.25, 0.3) is 0 Å². The number of hydrogen-bond donors (Lipinski definition) is 2. The number of hydrogen-bond acceptors (Lipinski definition) is 7. The second-order valence-corrected chi connectivity index (χ2v) is 9.63. The standard InChI is InChI=1S/C24H28F4N8/c25-21-22(29-13-16-5-3-15(4-6-16)12-20-32-34-35-33-20)30-14-31-23(21)36-11-1-2-19(36)17-7-9-18(10-8-17)24(26,27)28/h7-10,14-16,19H,1-6,11-13H2,(H,29,30,31)(H,32,33,34,35)/t15?,16?,19-/m1/s1. The number of benzene rings is 1. The van der Waals surface area contributed by atoms with E-state index in [1.165, 1.54) is 18.5 Å². The van der Waals surface area contributed by atoms with Crippen LogP contribution in [-0.2, 0) is 12.6 Å². The summed E-state index contributed by atoms with van der Waals surface area (Å²) in [7, 11) is 0. The Morgan fingerprint density at radius 1 is 1.00 bits per heavy atom. The van der Waals surface area contributed by atoms with Crippen molar-refractivity contribution in [1.82, 2.24) is 30.6 Å². The molecule has 3 heterocycles. The molecule has 1 saturated heterocycles. The van der Waals surface area contributed by atoms with E-state index in [1.54, 1.807) is 0 Å². The number of aromatic amines is 1. The number of nitrogens with zero attached hydrogens (tertiary/aromatic N) is 6. The highest BCUT2D eigenvalue weighted by Gasteiger charge is 2.33. The summed E-state index contributed by atoms with van der Waals surface area (Å²) >= 11 is 0. The second-order valence-electron chi connectivity index (χ2n) is 9.63. The molecule has 0 spiro atoms. The van der Waals surface area contributed by atoms with Crippen LogP contribution < -0.4 is 10.2 Å². The fraction of sp³-hybridized carbons (Fsp3) is 0.542. The lowest BCUT2D eigenvalue weighted by Crippen LogP contribution is -2.26. The fourth-order valence-electron chi connectivity index (χ4n) is 5.35. The Hall–Kier alpha value is -3.31. The molecule has 0 radical (unpaired) electrons. The van der Waals surface area contributed by atoms with Gasteiger partial charge in [0.15, 0.2) is 17.5 Å². The van der Waals surface area contributed by atoms with Crippen molar-refractivity contribution in [2.75, 3.05) is 23.3 Å². The van der Waals surface area contributed by atoms with Crippen LogP contribution in [0.25, 0.3) is 0 Å². The predicted molar refractivity (Wildman–Crippen MR) is 125 cm³/mol. The van der Waals surface area contributed by atoms with Gasteiger partial charge in [-0.1, -0.05) is 17.3 Å². The number of halogens is 4. The van der Waals surface area contributed by atoms with Crippen LogP contribution in [0.15, 0.2) is 30.6 Å². The van der Waals surface area contributed by atoms with Gasteiger partial charge in [0, 0.05) is 19.5 Å². The van der Waals surface area contributed by atoms with Crippen molar-refractivity contribution in [1.29, 1.82) is 0 Å². The molecule has 12 heteroatoms. The van der Waals surface area contributed by atoms with Gasteiger partial charge in [0.2, 0.25) is 5.82 Å². The topological polar surface area (TPSA) is 95.5 Å². The number of anilines is 2. The third kappa shape index (κ3) is 5.41. The van der Waals surface area contributed by atoms with E-state index in [4.69, 9.17) is 0 Å². The zero-order chi connectivity index (χ0) is 25.1. The lowest BCUT2D eigenvalue weighted by molar-refractivity contribution is -0.137. The smallest absolute Gasteiger partial charge is 0.367 e. The Balaban J connectivity index is 1.21. The van der Waals surface area contributed by atoms with E-state index in [9.17, 15) is 13.2 Å². The monoisotopic (exact) mass is 504 g/mol. The van der Waals surface area contributed by atoms with Crippen molar-refractivity contribution >= 4 is 11.6 Å². The van der Waals surface area contributed by atoms with Gasteiger partial charge in [0.05, 0.1) is 11.6 Å².